The van der Waals surface area contributed by atoms with E-state index in [1.54, 1.807) is 84.4 Å². The van der Waals surface area contributed by atoms with Crippen LogP contribution in [0, 0.1) is 24.7 Å². The summed E-state index contributed by atoms with van der Waals surface area (Å²) in [6.45, 7) is 10.1. The molecule has 5 aliphatic rings. The van der Waals surface area contributed by atoms with Gasteiger partial charge in [-0.25, -0.2) is 14.4 Å². The number of hydrogen-bond acceptors (Lipinski definition) is 23. The highest BCUT2D eigenvalue weighted by Crippen LogP contribution is 2.49. The maximum Gasteiger partial charge on any atom is 0.409 e. The van der Waals surface area contributed by atoms with Crippen molar-refractivity contribution >= 4 is 82.0 Å². The van der Waals surface area contributed by atoms with Gasteiger partial charge in [0.25, 0.3) is 17.1 Å². The molecule has 0 spiro atoms. The Balaban J connectivity index is 0.925. The van der Waals surface area contributed by atoms with E-state index in [0.717, 1.165) is 22.9 Å². The molecule has 2 aromatic carbocycles. The van der Waals surface area contributed by atoms with Crippen molar-refractivity contribution < 1.29 is 101 Å². The highest BCUT2D eigenvalue weighted by Gasteiger charge is 2.64. The number of hydroxylamine groups is 2. The van der Waals surface area contributed by atoms with Crippen LogP contribution in [0.1, 0.15) is 89.0 Å². The van der Waals surface area contributed by atoms with Crippen molar-refractivity contribution in [2.45, 2.75) is 135 Å². The van der Waals surface area contributed by atoms with E-state index < -0.39 is 114 Å². The van der Waals surface area contributed by atoms with Gasteiger partial charge in [-0.15, -0.1) is 5.06 Å². The molecule has 3 N–H and O–H groups in total. The topological polar surface area (TPSA) is 324 Å². The predicted molar refractivity (Wildman–Crippen MR) is 331 cm³/mol. The summed E-state index contributed by atoms with van der Waals surface area (Å²) in [5.41, 5.74) is 0.939. The number of thioether (sulfide) groups is 1. The first-order valence-electron chi connectivity index (χ1n) is 30.3. The lowest BCUT2D eigenvalue weighted by Crippen LogP contribution is -2.63. The summed E-state index contributed by atoms with van der Waals surface area (Å²) in [6.07, 6.45) is 1.94. The number of nitrogens with zero attached hydrogens (tertiary/aromatic N) is 4. The number of epoxide rings is 1. The second kappa shape index (κ2) is 32.1. The van der Waals surface area contributed by atoms with E-state index in [1.165, 1.54) is 35.9 Å². The number of esters is 2. The molecule has 6 amide bonds. The number of allylic oxidation sites excluding steroid dienone is 3. The zero-order chi connectivity index (χ0) is 67.2. The number of amides is 6. The van der Waals surface area contributed by atoms with Crippen molar-refractivity contribution in [1.29, 1.82) is 0 Å². The van der Waals surface area contributed by atoms with Crippen LogP contribution in [0.3, 0.4) is 0 Å². The number of carbonyl (C=O) groups is 10. The normalized spacial score (nSPS) is 26.2. The third-order valence-electron chi connectivity index (χ3n) is 16.9. The average Bonchev–Trinajstić information content (AvgIpc) is 1.57. The van der Waals surface area contributed by atoms with Gasteiger partial charge in [-0.1, -0.05) is 74.5 Å². The van der Waals surface area contributed by atoms with Crippen LogP contribution >= 0.6 is 11.8 Å². The summed E-state index contributed by atoms with van der Waals surface area (Å²) < 4.78 is 51.4. The number of carbonyl (C=O) groups excluding carboxylic acids is 10. The standard InChI is InChI=1S/C64H84N6O21S/c1-37-14-12-16-51(83-11)64(81)32-50(88-60(78)66-64)41(5)58-63(6,90-58)52(31-55(74)69(9)47-28-43(26-37)29-49(82-10)40(47)4)89-59(77)39(3)38(2)48(71)21-25-92-62(80)68(8)23-22-67(7)61(79)86-34-42-17-18-44(30-56(75)87-45-15-13-24-84-36-85-35-45)46(27-42)65-33-57(76)91-70-53(72)19-20-54(70)73/h12-18,27-29,38-39,41,45,50-52,58,65,81H,19-26,30-36H2,1-11H3,(H,66,78)/b15-13+,16-12+,37-14+/t38?,39-,41-,45?,50+,51?,52+,58+,63+,64?/m1/s1. The molecule has 502 valence electrons. The zero-order valence-electron chi connectivity index (χ0n) is 53.8. The Bertz CT molecular complexity index is 3180. The molecular weight excluding hydrogens is 1220 g/mol. The SMILES string of the molecule is COc1cc2cc(c1C)N(C)C(=O)C[C@H](OC(=O)[C@H](C)C(C)C(=O)CCSC(=O)N(C)CCN(C)C(=O)OCc1ccc(CC(=O)OC3/C=C/COCOC3)c(NCC(=O)ON3C(=O)CCC3=O)c1)[C@]1(C)O[C@H]1[C@H](C)[C@@H]1CC(O)(NC(=O)O1)C(OC)/C=C/C=C(\C)C2. The van der Waals surface area contributed by atoms with E-state index in [1.807, 2.05) is 32.1 Å². The Morgan fingerprint density at radius 3 is 2.37 bits per heavy atom. The molecule has 0 aliphatic carbocycles. The van der Waals surface area contributed by atoms with E-state index >= 15 is 0 Å². The minimum absolute atomic E-state index is 0.0297. The molecule has 4 bridgehead atoms. The summed E-state index contributed by atoms with van der Waals surface area (Å²) in [6, 6.07) is 8.51. The molecule has 5 heterocycles. The highest BCUT2D eigenvalue weighted by atomic mass is 32.2. The molecular formula is C64H84N6O21S. The fraction of sp³-hybridized carbons (Fsp3) is 0.562. The van der Waals surface area contributed by atoms with Crippen LogP contribution in [0.2, 0.25) is 0 Å². The Hall–Kier alpha value is -7.89. The van der Waals surface area contributed by atoms with Crippen molar-refractivity contribution in [1.82, 2.24) is 20.2 Å². The van der Waals surface area contributed by atoms with E-state index in [2.05, 4.69) is 10.6 Å². The molecule has 0 saturated carbocycles. The molecule has 92 heavy (non-hydrogen) atoms. The minimum Gasteiger partial charge on any atom is -0.496 e. The molecule has 2 aromatic rings. The van der Waals surface area contributed by atoms with Gasteiger partial charge >= 0.3 is 30.1 Å². The monoisotopic (exact) mass is 1300 g/mol. The summed E-state index contributed by atoms with van der Waals surface area (Å²) in [4.78, 5) is 141. The summed E-state index contributed by atoms with van der Waals surface area (Å²) in [5, 5.41) is 17.3. The predicted octanol–water partition coefficient (Wildman–Crippen LogP) is 5.64. The van der Waals surface area contributed by atoms with Crippen molar-refractivity contribution in [3.63, 3.8) is 0 Å². The Kier molecular flexibility index (Phi) is 25.0. The van der Waals surface area contributed by atoms with E-state index in [9.17, 15) is 53.1 Å². The Morgan fingerprint density at radius 1 is 0.924 bits per heavy atom. The van der Waals surface area contributed by atoms with Crippen LogP contribution in [0.5, 0.6) is 5.75 Å². The summed E-state index contributed by atoms with van der Waals surface area (Å²) >= 11 is 0.882. The van der Waals surface area contributed by atoms with Crippen molar-refractivity contribution in [3.8, 4) is 5.75 Å². The molecule has 10 atom stereocenters. The van der Waals surface area contributed by atoms with Crippen LogP contribution in [0.4, 0.5) is 25.8 Å². The number of ketones is 1. The largest absolute Gasteiger partial charge is 0.496 e. The summed E-state index contributed by atoms with van der Waals surface area (Å²) in [7, 11) is 7.59. The zero-order valence-corrected chi connectivity index (χ0v) is 54.6. The van der Waals surface area contributed by atoms with E-state index in [-0.39, 0.29) is 101 Å². The third-order valence-corrected chi connectivity index (χ3v) is 17.9. The van der Waals surface area contributed by atoms with Gasteiger partial charge in [0.15, 0.2) is 5.72 Å². The van der Waals surface area contributed by atoms with Crippen molar-refractivity contribution in [2.75, 3.05) is 91.0 Å². The molecule has 0 radical (unpaired) electrons. The van der Waals surface area contributed by atoms with Gasteiger partial charge in [-0.05, 0) is 68.2 Å². The first-order chi connectivity index (χ1) is 43.6. The van der Waals surface area contributed by atoms with Crippen LogP contribution in [0.15, 0.2) is 66.3 Å². The van der Waals surface area contributed by atoms with Gasteiger partial charge < -0.3 is 72.6 Å². The molecule has 5 aliphatic heterocycles. The fourth-order valence-electron chi connectivity index (χ4n) is 10.9. The van der Waals surface area contributed by atoms with Crippen LogP contribution in [0.25, 0.3) is 0 Å². The van der Waals surface area contributed by atoms with Crippen LogP contribution in [-0.2, 0) is 95.7 Å². The number of rotatable bonds is 21. The number of alkyl carbamates (subject to hydrolysis) is 1. The van der Waals surface area contributed by atoms with Gasteiger partial charge in [0.1, 0.15) is 61.5 Å². The molecule has 7 rings (SSSR count). The fourth-order valence-corrected chi connectivity index (χ4v) is 11.7. The second-order valence-corrected chi connectivity index (χ2v) is 24.8. The maximum absolute atomic E-state index is 14.5. The second-order valence-electron chi connectivity index (χ2n) is 23.7. The van der Waals surface area contributed by atoms with Gasteiger partial charge in [-0.3, -0.25) is 38.9 Å². The van der Waals surface area contributed by atoms with E-state index in [0.29, 0.717) is 39.6 Å². The number of methoxy groups -OCH3 is 2. The number of anilines is 2. The third kappa shape index (κ3) is 18.7. The van der Waals surface area contributed by atoms with E-state index in [4.69, 9.17) is 47.5 Å². The van der Waals surface area contributed by atoms with Gasteiger partial charge in [0.05, 0.1) is 50.9 Å². The quantitative estimate of drug-likeness (QED) is 0.0447. The van der Waals surface area contributed by atoms with Gasteiger partial charge in [0.2, 0.25) is 5.91 Å². The Labute approximate surface area is 538 Å². The maximum atomic E-state index is 14.5. The highest BCUT2D eigenvalue weighted by molar-refractivity contribution is 8.13. The van der Waals surface area contributed by atoms with Crippen molar-refractivity contribution in [3.05, 3.63) is 88.5 Å². The van der Waals surface area contributed by atoms with Crippen molar-refractivity contribution in [2.24, 2.45) is 17.8 Å². The van der Waals surface area contributed by atoms with Crippen LogP contribution in [-0.4, -0.2) is 201 Å². The number of ether oxygens (including phenoxy) is 9. The minimum atomic E-state index is -1.89. The lowest BCUT2D eigenvalue weighted by atomic mass is 9.83. The smallest absolute Gasteiger partial charge is 0.409 e. The lowest BCUT2D eigenvalue weighted by molar-refractivity contribution is -0.196. The van der Waals surface area contributed by atoms with Gasteiger partial charge in [0, 0.05) is 95.9 Å². The number of likely N-dealkylation sites (N-methyl/N-ethyl adjacent to an activating group) is 2. The first kappa shape index (κ1) is 71.5. The lowest BCUT2D eigenvalue weighted by Gasteiger charge is -2.42. The molecule has 27 nitrogen and oxygen atoms in total. The first-order valence-corrected chi connectivity index (χ1v) is 31.3. The number of fused-ring (bicyclic) bond motifs is 5. The number of nitrogens with one attached hydrogen (secondary N) is 2. The molecule has 28 heteroatoms. The molecule has 4 unspecified atom stereocenters. The molecule has 3 saturated heterocycles. The number of aliphatic hydroxyl groups is 1. The molecule has 0 aromatic heterocycles. The Morgan fingerprint density at radius 2 is 1.65 bits per heavy atom. The number of imide groups is 1. The van der Waals surface area contributed by atoms with Gasteiger partial charge in [-0.2, -0.15) is 0 Å². The van der Waals surface area contributed by atoms with Crippen LogP contribution < -0.4 is 20.3 Å². The number of benzene rings is 2. The number of hydrogen-bond donors (Lipinski definition) is 3. The summed E-state index contributed by atoms with van der Waals surface area (Å²) in [5.74, 6) is -6.28. The number of Topliss-reactive ketones (excluding diaryl/α,β-unsaturated/α-hetero) is 1. The average molecular weight is 1310 g/mol. The molecule has 3 fully saturated rings.